The molecule has 164 valence electrons. The number of carbonyl (C=O) groups excluding carboxylic acids is 2. The molecule has 0 unspecified atom stereocenters. The van der Waals surface area contributed by atoms with Gasteiger partial charge >= 0.3 is 0 Å². The molecule has 3 aromatic carbocycles. The molecule has 1 heterocycles. The van der Waals surface area contributed by atoms with Crippen LogP contribution in [0, 0.1) is 0 Å². The van der Waals surface area contributed by atoms with Crippen LogP contribution in [0.4, 0.5) is 11.4 Å². The maximum absolute atomic E-state index is 13.8. The number of nitrogens with zero attached hydrogens (tertiary/aromatic N) is 2. The normalized spacial score (nSPS) is 16.2. The summed E-state index contributed by atoms with van der Waals surface area (Å²) < 4.78 is 16.0. The molecule has 1 aliphatic heterocycles. The van der Waals surface area contributed by atoms with Crippen LogP contribution >= 0.6 is 0 Å². The van der Waals surface area contributed by atoms with Crippen molar-refractivity contribution in [2.75, 3.05) is 37.7 Å². The van der Waals surface area contributed by atoms with Gasteiger partial charge in [0.25, 0.3) is 5.91 Å². The molecule has 1 saturated heterocycles. The van der Waals surface area contributed by atoms with Gasteiger partial charge in [0.2, 0.25) is 5.91 Å². The van der Waals surface area contributed by atoms with Crippen LogP contribution in [0.2, 0.25) is 0 Å². The molecule has 7 nitrogen and oxygen atoms in total. The van der Waals surface area contributed by atoms with Crippen molar-refractivity contribution in [1.29, 1.82) is 0 Å². The number of hydrogen-bond donors (Lipinski definition) is 0. The Morgan fingerprint density at radius 2 is 1.44 bits per heavy atom. The van der Waals surface area contributed by atoms with Crippen LogP contribution in [0.3, 0.4) is 0 Å². The lowest BCUT2D eigenvalue weighted by molar-refractivity contribution is -0.128. The van der Waals surface area contributed by atoms with Crippen LogP contribution in [0.5, 0.6) is 17.2 Å². The summed E-state index contributed by atoms with van der Waals surface area (Å²) in [7, 11) is 4.66. The number of rotatable bonds is 6. The van der Waals surface area contributed by atoms with Crippen molar-refractivity contribution in [1.82, 2.24) is 0 Å². The first-order chi connectivity index (χ1) is 15.6. The second-order valence-corrected chi connectivity index (χ2v) is 7.24. The van der Waals surface area contributed by atoms with Gasteiger partial charge in [0, 0.05) is 11.8 Å². The molecule has 3 aromatic rings. The second-order valence-electron chi connectivity index (χ2n) is 7.24. The summed E-state index contributed by atoms with van der Waals surface area (Å²) in [6.07, 6.45) is 0. The largest absolute Gasteiger partial charge is 0.497 e. The monoisotopic (exact) mass is 432 g/mol. The molecule has 0 aliphatic carbocycles. The zero-order valence-electron chi connectivity index (χ0n) is 18.1. The summed E-state index contributed by atoms with van der Waals surface area (Å²) in [4.78, 5) is 30.3. The van der Waals surface area contributed by atoms with E-state index >= 15 is 0 Å². The van der Waals surface area contributed by atoms with E-state index in [0.29, 0.717) is 28.6 Å². The zero-order valence-corrected chi connectivity index (χ0v) is 18.1. The number of anilines is 2. The maximum atomic E-state index is 13.8. The third-order valence-electron chi connectivity index (χ3n) is 5.46. The van der Waals surface area contributed by atoms with E-state index in [1.165, 1.54) is 12.0 Å². The molecule has 0 radical (unpaired) electrons. The van der Waals surface area contributed by atoms with E-state index in [4.69, 9.17) is 14.2 Å². The van der Waals surface area contributed by atoms with Crippen molar-refractivity contribution in [3.8, 4) is 17.2 Å². The first-order valence-electron chi connectivity index (χ1n) is 10.1. The highest BCUT2D eigenvalue weighted by atomic mass is 16.5. The Kier molecular flexibility index (Phi) is 5.98. The molecular weight excluding hydrogens is 408 g/mol. The van der Waals surface area contributed by atoms with Crippen molar-refractivity contribution in [3.05, 3.63) is 78.4 Å². The van der Waals surface area contributed by atoms with Gasteiger partial charge in [-0.2, -0.15) is 0 Å². The summed E-state index contributed by atoms with van der Waals surface area (Å²) in [5.74, 6) is 1.29. The lowest BCUT2D eigenvalue weighted by Crippen LogP contribution is -2.56. The predicted octanol–water partition coefficient (Wildman–Crippen LogP) is 3.83. The van der Waals surface area contributed by atoms with E-state index in [1.54, 1.807) is 61.6 Å². The fraction of sp³-hybridized carbons (Fsp3) is 0.200. The van der Waals surface area contributed by atoms with Crippen molar-refractivity contribution in [3.63, 3.8) is 0 Å². The Morgan fingerprint density at radius 3 is 2.06 bits per heavy atom. The number of carbonyl (C=O) groups is 2. The standard InChI is InChI=1S/C25H24N2O5/c1-30-19-11-9-18(10-12-19)27-23(28)16-26(21-14-13-20(31-2)15-22(21)32-3)25(29)24(27)17-7-5-4-6-8-17/h4-15,24H,16H2,1-3H3/t24-/m1/s1. The average Bonchev–Trinajstić information content (AvgIpc) is 2.85. The molecular formula is C25H24N2O5. The minimum atomic E-state index is -0.822. The Labute approximate surface area is 186 Å². The van der Waals surface area contributed by atoms with Gasteiger partial charge in [0.1, 0.15) is 29.8 Å². The third-order valence-corrected chi connectivity index (χ3v) is 5.46. The van der Waals surface area contributed by atoms with Gasteiger partial charge in [-0.3, -0.25) is 19.4 Å². The number of ether oxygens (including phenoxy) is 3. The minimum Gasteiger partial charge on any atom is -0.497 e. The van der Waals surface area contributed by atoms with Crippen molar-refractivity contribution in [2.24, 2.45) is 0 Å². The van der Waals surface area contributed by atoms with Gasteiger partial charge in [-0.05, 0) is 42.0 Å². The highest BCUT2D eigenvalue weighted by Crippen LogP contribution is 2.39. The van der Waals surface area contributed by atoms with E-state index in [0.717, 1.165) is 5.56 Å². The lowest BCUT2D eigenvalue weighted by atomic mass is 9.99. The first kappa shape index (κ1) is 21.2. The van der Waals surface area contributed by atoms with Gasteiger partial charge in [-0.1, -0.05) is 30.3 Å². The number of hydrogen-bond acceptors (Lipinski definition) is 5. The molecule has 4 rings (SSSR count). The maximum Gasteiger partial charge on any atom is 0.255 e. The molecule has 1 fully saturated rings. The number of benzene rings is 3. The van der Waals surface area contributed by atoms with Gasteiger partial charge in [0.05, 0.1) is 27.0 Å². The summed E-state index contributed by atoms with van der Waals surface area (Å²) in [5.41, 5.74) is 1.86. The Hall–Kier alpha value is -4.00. The van der Waals surface area contributed by atoms with Gasteiger partial charge < -0.3 is 14.2 Å². The molecule has 1 aliphatic rings. The summed E-state index contributed by atoms with van der Waals surface area (Å²) >= 11 is 0. The minimum absolute atomic E-state index is 0.114. The summed E-state index contributed by atoms with van der Waals surface area (Å²) in [6, 6.07) is 20.7. The smallest absolute Gasteiger partial charge is 0.255 e. The highest BCUT2D eigenvalue weighted by Gasteiger charge is 2.42. The molecule has 0 bridgehead atoms. The third kappa shape index (κ3) is 3.85. The van der Waals surface area contributed by atoms with Crippen LogP contribution < -0.4 is 24.0 Å². The van der Waals surface area contributed by atoms with E-state index in [1.807, 2.05) is 30.3 Å². The first-order valence-corrected chi connectivity index (χ1v) is 10.1. The fourth-order valence-corrected chi connectivity index (χ4v) is 3.87. The van der Waals surface area contributed by atoms with E-state index in [9.17, 15) is 9.59 Å². The van der Waals surface area contributed by atoms with Gasteiger partial charge in [-0.25, -0.2) is 0 Å². The second kappa shape index (κ2) is 9.01. The van der Waals surface area contributed by atoms with Crippen molar-refractivity contribution >= 4 is 23.2 Å². The Morgan fingerprint density at radius 1 is 0.781 bits per heavy atom. The predicted molar refractivity (Wildman–Crippen MR) is 122 cm³/mol. The number of methoxy groups -OCH3 is 3. The molecule has 0 spiro atoms. The van der Waals surface area contributed by atoms with Gasteiger partial charge in [0.15, 0.2) is 0 Å². The van der Waals surface area contributed by atoms with Gasteiger partial charge in [-0.15, -0.1) is 0 Å². The number of piperazine rings is 1. The lowest BCUT2D eigenvalue weighted by Gasteiger charge is -2.40. The Balaban J connectivity index is 1.80. The van der Waals surface area contributed by atoms with Crippen LogP contribution in [-0.2, 0) is 9.59 Å². The summed E-state index contributed by atoms with van der Waals surface area (Å²) in [6.45, 7) is -0.114. The van der Waals surface area contributed by atoms with Crippen molar-refractivity contribution in [2.45, 2.75) is 6.04 Å². The molecule has 1 atom stereocenters. The SMILES string of the molecule is COc1ccc(N2C(=O)CN(c3ccc(OC)cc3OC)C(=O)[C@H]2c2ccccc2)cc1. The average molecular weight is 432 g/mol. The van der Waals surface area contributed by atoms with Crippen LogP contribution in [0.15, 0.2) is 72.8 Å². The summed E-state index contributed by atoms with van der Waals surface area (Å²) in [5, 5.41) is 0. The molecule has 0 saturated carbocycles. The Bertz CT molecular complexity index is 1110. The van der Waals surface area contributed by atoms with E-state index in [2.05, 4.69) is 0 Å². The quantitative estimate of drug-likeness (QED) is 0.592. The molecule has 32 heavy (non-hydrogen) atoms. The zero-order chi connectivity index (χ0) is 22.7. The molecule has 7 heteroatoms. The highest BCUT2D eigenvalue weighted by molar-refractivity contribution is 6.15. The van der Waals surface area contributed by atoms with Crippen molar-refractivity contribution < 1.29 is 23.8 Å². The van der Waals surface area contributed by atoms with Crippen LogP contribution in [-0.4, -0.2) is 39.7 Å². The number of amides is 2. The molecule has 0 N–H and O–H groups in total. The topological polar surface area (TPSA) is 68.3 Å². The fourth-order valence-electron chi connectivity index (χ4n) is 3.87. The van der Waals surface area contributed by atoms with E-state index in [-0.39, 0.29) is 18.4 Å². The molecule has 2 amide bonds. The van der Waals surface area contributed by atoms with Crippen LogP contribution in [0.1, 0.15) is 11.6 Å². The van der Waals surface area contributed by atoms with E-state index < -0.39 is 6.04 Å². The van der Waals surface area contributed by atoms with Crippen LogP contribution in [0.25, 0.3) is 0 Å². The molecule has 0 aromatic heterocycles.